The van der Waals surface area contributed by atoms with Crippen molar-refractivity contribution in [3.63, 3.8) is 0 Å². The zero-order valence-electron chi connectivity index (χ0n) is 7.71. The highest BCUT2D eigenvalue weighted by molar-refractivity contribution is 4.52. The number of ether oxygens (including phenoxy) is 1. The highest BCUT2D eigenvalue weighted by Crippen LogP contribution is 1.95. The zero-order valence-corrected chi connectivity index (χ0v) is 7.71. The van der Waals surface area contributed by atoms with Crippen LogP contribution in [0.3, 0.4) is 0 Å². The van der Waals surface area contributed by atoms with Crippen molar-refractivity contribution in [1.82, 2.24) is 4.90 Å². The lowest BCUT2D eigenvalue weighted by atomic mass is 10.3. The summed E-state index contributed by atoms with van der Waals surface area (Å²) in [4.78, 5) is 2.06. The SMILES string of the molecule is CCC(CO)OCCN(C)C. The van der Waals surface area contributed by atoms with Gasteiger partial charge < -0.3 is 14.7 Å². The quantitative estimate of drug-likeness (QED) is 0.609. The molecule has 0 fully saturated rings. The number of hydrogen-bond donors (Lipinski definition) is 1. The van der Waals surface area contributed by atoms with Gasteiger partial charge in [0.05, 0.1) is 19.3 Å². The Balaban J connectivity index is 3.21. The molecule has 3 nitrogen and oxygen atoms in total. The molecule has 1 atom stereocenters. The van der Waals surface area contributed by atoms with E-state index >= 15 is 0 Å². The molecule has 0 aliphatic heterocycles. The molecule has 0 aromatic rings. The summed E-state index contributed by atoms with van der Waals surface area (Å²) >= 11 is 0. The smallest absolute Gasteiger partial charge is 0.0803 e. The van der Waals surface area contributed by atoms with E-state index in [0.29, 0.717) is 6.61 Å². The third-order valence-electron chi connectivity index (χ3n) is 1.55. The molecular weight excluding hydrogens is 142 g/mol. The summed E-state index contributed by atoms with van der Waals surface area (Å²) in [6.07, 6.45) is 0.902. The Morgan fingerprint density at radius 2 is 2.09 bits per heavy atom. The summed E-state index contributed by atoms with van der Waals surface area (Å²) in [5.74, 6) is 0. The fraction of sp³-hybridized carbons (Fsp3) is 1.00. The molecule has 0 aliphatic carbocycles. The van der Waals surface area contributed by atoms with Crippen LogP contribution in [0.25, 0.3) is 0 Å². The third kappa shape index (κ3) is 6.28. The summed E-state index contributed by atoms with van der Waals surface area (Å²) in [7, 11) is 4.01. The molecule has 0 saturated heterocycles. The summed E-state index contributed by atoms with van der Waals surface area (Å²) < 4.78 is 5.36. The molecule has 68 valence electrons. The van der Waals surface area contributed by atoms with Gasteiger partial charge in [-0.1, -0.05) is 6.92 Å². The second-order valence-electron chi connectivity index (χ2n) is 2.89. The zero-order chi connectivity index (χ0) is 8.69. The van der Waals surface area contributed by atoms with E-state index in [1.807, 2.05) is 21.0 Å². The maximum absolute atomic E-state index is 8.75. The van der Waals surface area contributed by atoms with Gasteiger partial charge in [0, 0.05) is 6.54 Å². The number of nitrogens with zero attached hydrogens (tertiary/aromatic N) is 1. The van der Waals surface area contributed by atoms with E-state index in [9.17, 15) is 0 Å². The normalized spacial score (nSPS) is 13.9. The molecule has 0 saturated carbocycles. The van der Waals surface area contributed by atoms with Gasteiger partial charge in [-0.15, -0.1) is 0 Å². The molecule has 0 aromatic heterocycles. The minimum atomic E-state index is 0.0231. The van der Waals surface area contributed by atoms with E-state index in [-0.39, 0.29) is 12.7 Å². The Labute approximate surface area is 69.0 Å². The maximum atomic E-state index is 8.75. The van der Waals surface area contributed by atoms with Crippen molar-refractivity contribution in [2.45, 2.75) is 19.4 Å². The van der Waals surface area contributed by atoms with E-state index in [2.05, 4.69) is 4.90 Å². The number of hydrogen-bond acceptors (Lipinski definition) is 3. The Hall–Kier alpha value is -0.120. The third-order valence-corrected chi connectivity index (χ3v) is 1.55. The molecule has 0 rings (SSSR count). The van der Waals surface area contributed by atoms with Crippen LogP contribution in [-0.4, -0.2) is 50.0 Å². The average molecular weight is 161 g/mol. The number of rotatable bonds is 6. The molecule has 1 unspecified atom stereocenters. The second-order valence-corrected chi connectivity index (χ2v) is 2.89. The molecule has 0 heterocycles. The Bertz CT molecular complexity index is 82.2. The van der Waals surface area contributed by atoms with E-state index in [0.717, 1.165) is 13.0 Å². The molecule has 0 amide bonds. The molecule has 0 bridgehead atoms. The van der Waals surface area contributed by atoms with Crippen molar-refractivity contribution < 1.29 is 9.84 Å². The van der Waals surface area contributed by atoms with Crippen molar-refractivity contribution in [1.29, 1.82) is 0 Å². The number of aliphatic hydroxyl groups excluding tert-OH is 1. The second kappa shape index (κ2) is 6.58. The fourth-order valence-corrected chi connectivity index (χ4v) is 0.702. The molecule has 3 heteroatoms. The van der Waals surface area contributed by atoms with Crippen LogP contribution in [0.15, 0.2) is 0 Å². The Morgan fingerprint density at radius 3 is 2.45 bits per heavy atom. The largest absolute Gasteiger partial charge is 0.394 e. The van der Waals surface area contributed by atoms with Gasteiger partial charge in [-0.3, -0.25) is 0 Å². The summed E-state index contributed by atoms with van der Waals surface area (Å²) in [6, 6.07) is 0. The van der Waals surface area contributed by atoms with E-state index in [4.69, 9.17) is 9.84 Å². The summed E-state index contributed by atoms with van der Waals surface area (Å²) in [6.45, 7) is 3.75. The van der Waals surface area contributed by atoms with Crippen LogP contribution in [0.5, 0.6) is 0 Å². The predicted molar refractivity (Wildman–Crippen MR) is 45.7 cm³/mol. The van der Waals surface area contributed by atoms with Gasteiger partial charge in [0.1, 0.15) is 0 Å². The molecule has 1 N–H and O–H groups in total. The first-order valence-electron chi connectivity index (χ1n) is 4.07. The lowest BCUT2D eigenvalue weighted by Gasteiger charge is -2.15. The lowest BCUT2D eigenvalue weighted by Crippen LogP contribution is -2.23. The van der Waals surface area contributed by atoms with Gasteiger partial charge in [-0.2, -0.15) is 0 Å². The Morgan fingerprint density at radius 1 is 1.45 bits per heavy atom. The molecule has 0 aliphatic rings. The van der Waals surface area contributed by atoms with Gasteiger partial charge in [-0.05, 0) is 20.5 Å². The van der Waals surface area contributed by atoms with Crippen LogP contribution in [0.2, 0.25) is 0 Å². The van der Waals surface area contributed by atoms with Gasteiger partial charge in [-0.25, -0.2) is 0 Å². The van der Waals surface area contributed by atoms with Crippen LogP contribution in [0.1, 0.15) is 13.3 Å². The first-order chi connectivity index (χ1) is 5.20. The van der Waals surface area contributed by atoms with E-state index in [1.165, 1.54) is 0 Å². The number of aliphatic hydroxyl groups is 1. The average Bonchev–Trinajstić information content (AvgIpc) is 1.98. The van der Waals surface area contributed by atoms with Crippen LogP contribution >= 0.6 is 0 Å². The molecule has 0 radical (unpaired) electrons. The molecule has 0 aromatic carbocycles. The lowest BCUT2D eigenvalue weighted by molar-refractivity contribution is 0.00550. The van der Waals surface area contributed by atoms with Crippen LogP contribution in [0, 0.1) is 0 Å². The molecule has 11 heavy (non-hydrogen) atoms. The van der Waals surface area contributed by atoms with Gasteiger partial charge >= 0.3 is 0 Å². The van der Waals surface area contributed by atoms with Crippen LogP contribution < -0.4 is 0 Å². The first kappa shape index (κ1) is 10.9. The van der Waals surface area contributed by atoms with Crippen molar-refractivity contribution in [3.8, 4) is 0 Å². The minimum Gasteiger partial charge on any atom is -0.394 e. The van der Waals surface area contributed by atoms with Crippen molar-refractivity contribution >= 4 is 0 Å². The predicted octanol–water partition coefficient (Wildman–Crippen LogP) is 0.335. The van der Waals surface area contributed by atoms with Crippen LogP contribution in [-0.2, 0) is 4.74 Å². The van der Waals surface area contributed by atoms with Crippen molar-refractivity contribution in [2.75, 3.05) is 33.9 Å². The monoisotopic (exact) mass is 161 g/mol. The molecule has 0 spiro atoms. The fourth-order valence-electron chi connectivity index (χ4n) is 0.702. The highest BCUT2D eigenvalue weighted by atomic mass is 16.5. The standard InChI is InChI=1S/C8H19NO2/c1-4-8(7-10)11-6-5-9(2)3/h8,10H,4-7H2,1-3H3. The molecular formula is C8H19NO2. The highest BCUT2D eigenvalue weighted by Gasteiger charge is 2.03. The summed E-state index contributed by atoms with van der Waals surface area (Å²) in [5, 5.41) is 8.75. The van der Waals surface area contributed by atoms with Crippen LogP contribution in [0.4, 0.5) is 0 Å². The van der Waals surface area contributed by atoms with E-state index in [1.54, 1.807) is 0 Å². The maximum Gasteiger partial charge on any atom is 0.0803 e. The Kier molecular flexibility index (Phi) is 6.51. The van der Waals surface area contributed by atoms with E-state index < -0.39 is 0 Å². The van der Waals surface area contributed by atoms with Crippen molar-refractivity contribution in [3.05, 3.63) is 0 Å². The summed E-state index contributed by atoms with van der Waals surface area (Å²) in [5.41, 5.74) is 0. The topological polar surface area (TPSA) is 32.7 Å². The van der Waals surface area contributed by atoms with Crippen molar-refractivity contribution in [2.24, 2.45) is 0 Å². The van der Waals surface area contributed by atoms with Gasteiger partial charge in [0.2, 0.25) is 0 Å². The van der Waals surface area contributed by atoms with Gasteiger partial charge in [0.25, 0.3) is 0 Å². The number of likely N-dealkylation sites (N-methyl/N-ethyl adjacent to an activating group) is 1. The van der Waals surface area contributed by atoms with Gasteiger partial charge in [0.15, 0.2) is 0 Å². The first-order valence-corrected chi connectivity index (χ1v) is 4.07. The minimum absolute atomic E-state index is 0.0231.